The van der Waals surface area contributed by atoms with Crippen molar-refractivity contribution in [2.75, 3.05) is 5.73 Å². The normalized spacial score (nSPS) is 11.3. The molecule has 0 bridgehead atoms. The molecule has 9 heteroatoms. The Morgan fingerprint density at radius 2 is 1.93 bits per heavy atom. The number of para-hydroxylation sites is 2. The predicted molar refractivity (Wildman–Crippen MR) is 99.6 cm³/mol. The quantitative estimate of drug-likeness (QED) is 0.413. The molecule has 27 heavy (non-hydrogen) atoms. The number of nitrogen functional groups attached to an aromatic ring is 1. The highest BCUT2D eigenvalue weighted by molar-refractivity contribution is 5.86. The van der Waals surface area contributed by atoms with E-state index in [-0.39, 0.29) is 24.0 Å². The van der Waals surface area contributed by atoms with E-state index >= 15 is 0 Å². The van der Waals surface area contributed by atoms with Crippen molar-refractivity contribution < 1.29 is 9.42 Å². The number of anilines is 1. The Labute approximate surface area is 153 Å². The molecule has 3 N–H and O–H groups in total. The Bertz CT molecular complexity index is 1120. The zero-order chi connectivity index (χ0) is 18.6. The number of amides is 1. The lowest BCUT2D eigenvalue weighted by atomic mass is 10.2. The third-order valence-corrected chi connectivity index (χ3v) is 3.88. The molecule has 4 rings (SSSR count). The first-order valence-corrected chi connectivity index (χ1v) is 8.13. The van der Waals surface area contributed by atoms with Crippen LogP contribution in [0.3, 0.4) is 0 Å². The van der Waals surface area contributed by atoms with Crippen LogP contribution in [0.2, 0.25) is 0 Å². The van der Waals surface area contributed by atoms with E-state index in [2.05, 4.69) is 30.5 Å². The largest absolute Gasteiger partial charge is 0.379 e. The number of hydrazone groups is 1. The van der Waals surface area contributed by atoms with E-state index in [9.17, 15) is 4.79 Å². The van der Waals surface area contributed by atoms with Crippen molar-refractivity contribution in [3.05, 3.63) is 60.2 Å². The first-order chi connectivity index (χ1) is 13.2. The van der Waals surface area contributed by atoms with E-state index < -0.39 is 0 Å². The van der Waals surface area contributed by atoms with Crippen LogP contribution in [0.1, 0.15) is 5.56 Å². The summed E-state index contributed by atoms with van der Waals surface area (Å²) < 4.78 is 6.36. The molecule has 134 valence electrons. The van der Waals surface area contributed by atoms with Gasteiger partial charge in [-0.15, -0.1) is 0 Å². The molecule has 2 heterocycles. The highest BCUT2D eigenvalue weighted by Gasteiger charge is 2.20. The lowest BCUT2D eigenvalue weighted by Crippen LogP contribution is -2.23. The van der Waals surface area contributed by atoms with E-state index in [1.165, 1.54) is 0 Å². The second-order valence-corrected chi connectivity index (χ2v) is 5.71. The monoisotopic (exact) mass is 361 g/mol. The Balaban J connectivity index is 1.60. The van der Waals surface area contributed by atoms with Gasteiger partial charge in [0, 0.05) is 0 Å². The van der Waals surface area contributed by atoms with Crippen molar-refractivity contribution in [1.82, 2.24) is 25.3 Å². The molecule has 0 atom stereocenters. The lowest BCUT2D eigenvalue weighted by molar-refractivity contribution is -0.121. The minimum atomic E-state index is -0.318. The fraction of sp³-hybridized carbons (Fsp3) is 0.0556. The van der Waals surface area contributed by atoms with E-state index in [1.807, 2.05) is 54.6 Å². The highest BCUT2D eigenvalue weighted by atomic mass is 16.6. The van der Waals surface area contributed by atoms with Gasteiger partial charge in [-0.2, -0.15) is 5.10 Å². The van der Waals surface area contributed by atoms with Gasteiger partial charge in [-0.05, 0) is 28.0 Å². The van der Waals surface area contributed by atoms with Gasteiger partial charge < -0.3 is 10.3 Å². The molecule has 2 aromatic heterocycles. The third-order valence-electron chi connectivity index (χ3n) is 3.88. The maximum atomic E-state index is 12.4. The molecule has 0 unspecified atom stereocenters. The van der Waals surface area contributed by atoms with Gasteiger partial charge in [0.15, 0.2) is 17.3 Å². The maximum absolute atomic E-state index is 12.4. The van der Waals surface area contributed by atoms with E-state index in [0.717, 1.165) is 11.1 Å². The minimum Gasteiger partial charge on any atom is -0.379 e. The summed E-state index contributed by atoms with van der Waals surface area (Å²) in [6, 6.07) is 16.9. The van der Waals surface area contributed by atoms with Crippen molar-refractivity contribution in [3.63, 3.8) is 0 Å². The summed E-state index contributed by atoms with van der Waals surface area (Å²) in [5, 5.41) is 11.4. The van der Waals surface area contributed by atoms with Gasteiger partial charge in [-0.1, -0.05) is 42.5 Å². The molecule has 0 spiro atoms. The first-order valence-electron chi connectivity index (χ1n) is 8.13. The van der Waals surface area contributed by atoms with Crippen LogP contribution in [-0.4, -0.2) is 32.0 Å². The topological polar surface area (TPSA) is 124 Å². The SMILES string of the molecule is Nc1nonc1-c1nc2ccccc2n1CC(=O)N/N=C\c1ccccc1. The van der Waals surface area contributed by atoms with Crippen LogP contribution in [0.25, 0.3) is 22.6 Å². The van der Waals surface area contributed by atoms with Gasteiger partial charge in [0.1, 0.15) is 6.54 Å². The summed E-state index contributed by atoms with van der Waals surface area (Å²) >= 11 is 0. The highest BCUT2D eigenvalue weighted by Crippen LogP contribution is 2.26. The summed E-state index contributed by atoms with van der Waals surface area (Å²) in [6.07, 6.45) is 1.57. The number of nitrogens with two attached hydrogens (primary N) is 1. The molecule has 0 aliphatic rings. The van der Waals surface area contributed by atoms with Crippen LogP contribution in [0.5, 0.6) is 0 Å². The van der Waals surface area contributed by atoms with Crippen LogP contribution >= 0.6 is 0 Å². The van der Waals surface area contributed by atoms with Crippen LogP contribution in [-0.2, 0) is 11.3 Å². The molecule has 0 fully saturated rings. The molecule has 0 radical (unpaired) electrons. The van der Waals surface area contributed by atoms with E-state index in [1.54, 1.807) is 10.8 Å². The molecule has 0 aliphatic carbocycles. The molecule has 0 aliphatic heterocycles. The molecule has 0 saturated carbocycles. The standard InChI is InChI=1S/C18H15N7O2/c19-17-16(23-27-24-17)18-21-13-8-4-5-9-14(13)25(18)11-15(26)22-20-10-12-6-2-1-3-7-12/h1-10H,11H2,(H2,19,24)(H,22,26)/b20-10-. The second-order valence-electron chi connectivity index (χ2n) is 5.71. The van der Waals surface area contributed by atoms with Gasteiger partial charge in [0.25, 0.3) is 5.91 Å². The number of imidazole rings is 1. The number of nitrogens with one attached hydrogen (secondary N) is 1. The summed E-state index contributed by atoms with van der Waals surface area (Å²) in [4.78, 5) is 16.9. The molecule has 2 aromatic carbocycles. The summed E-state index contributed by atoms with van der Waals surface area (Å²) in [5.74, 6) is 0.188. The van der Waals surface area contributed by atoms with Crippen LogP contribution < -0.4 is 11.2 Å². The number of aromatic nitrogens is 4. The van der Waals surface area contributed by atoms with E-state index in [0.29, 0.717) is 11.3 Å². The molecular weight excluding hydrogens is 346 g/mol. The number of hydrogen-bond donors (Lipinski definition) is 2. The fourth-order valence-corrected chi connectivity index (χ4v) is 2.66. The number of fused-ring (bicyclic) bond motifs is 1. The van der Waals surface area contributed by atoms with Gasteiger partial charge in [-0.25, -0.2) is 15.0 Å². The minimum absolute atomic E-state index is 0.0196. The number of benzene rings is 2. The Hall–Kier alpha value is -4.01. The van der Waals surface area contributed by atoms with Gasteiger partial charge >= 0.3 is 0 Å². The predicted octanol–water partition coefficient (Wildman–Crippen LogP) is 1.82. The van der Waals surface area contributed by atoms with Crippen molar-refractivity contribution in [3.8, 4) is 11.5 Å². The molecule has 9 nitrogen and oxygen atoms in total. The summed E-state index contributed by atoms with van der Waals surface area (Å²) in [5.41, 5.74) is 10.9. The fourth-order valence-electron chi connectivity index (χ4n) is 2.66. The molecule has 1 amide bonds. The Kier molecular flexibility index (Phi) is 4.32. The average molecular weight is 361 g/mol. The zero-order valence-corrected chi connectivity index (χ0v) is 14.1. The number of rotatable bonds is 5. The summed E-state index contributed by atoms with van der Waals surface area (Å²) in [7, 11) is 0. The second kappa shape index (κ2) is 7.08. The summed E-state index contributed by atoms with van der Waals surface area (Å²) in [6.45, 7) is -0.0196. The maximum Gasteiger partial charge on any atom is 0.260 e. The lowest BCUT2D eigenvalue weighted by Gasteiger charge is -2.06. The number of nitrogens with zero attached hydrogens (tertiary/aromatic N) is 5. The van der Waals surface area contributed by atoms with Crippen molar-refractivity contribution in [2.24, 2.45) is 5.10 Å². The van der Waals surface area contributed by atoms with Gasteiger partial charge in [0.2, 0.25) is 0 Å². The number of hydrogen-bond acceptors (Lipinski definition) is 7. The van der Waals surface area contributed by atoms with Crippen molar-refractivity contribution in [1.29, 1.82) is 0 Å². The third kappa shape index (κ3) is 3.38. The molecule has 4 aromatic rings. The van der Waals surface area contributed by atoms with Crippen molar-refractivity contribution >= 4 is 29.0 Å². The zero-order valence-electron chi connectivity index (χ0n) is 14.1. The van der Waals surface area contributed by atoms with Gasteiger partial charge in [0.05, 0.1) is 17.2 Å². The first kappa shape index (κ1) is 16.5. The van der Waals surface area contributed by atoms with Crippen LogP contribution in [0, 0.1) is 0 Å². The Morgan fingerprint density at radius 1 is 1.15 bits per heavy atom. The molecular formula is C18H15N7O2. The number of carbonyl (C=O) groups excluding carboxylic acids is 1. The smallest absolute Gasteiger partial charge is 0.260 e. The average Bonchev–Trinajstić information content (AvgIpc) is 3.26. The van der Waals surface area contributed by atoms with Crippen LogP contribution in [0.4, 0.5) is 5.82 Å². The molecule has 0 saturated heterocycles. The van der Waals surface area contributed by atoms with E-state index in [4.69, 9.17) is 5.73 Å². The number of carbonyl (C=O) groups is 1. The van der Waals surface area contributed by atoms with Gasteiger partial charge in [-0.3, -0.25) is 4.79 Å². The van der Waals surface area contributed by atoms with Crippen LogP contribution in [0.15, 0.2) is 64.3 Å². The van der Waals surface area contributed by atoms with Crippen molar-refractivity contribution in [2.45, 2.75) is 6.54 Å². The Morgan fingerprint density at radius 3 is 2.70 bits per heavy atom.